The zero-order valence-electron chi connectivity index (χ0n) is 15.3. The second-order valence-electron chi connectivity index (χ2n) is 7.26. The molecule has 1 aromatic carbocycles. The quantitative estimate of drug-likeness (QED) is 0.883. The van der Waals surface area contributed by atoms with Crippen LogP contribution in [0.25, 0.3) is 0 Å². The molecule has 25 heavy (non-hydrogen) atoms. The Bertz CT molecular complexity index is 746. The van der Waals surface area contributed by atoms with E-state index in [0.717, 1.165) is 0 Å². The third-order valence-corrected chi connectivity index (χ3v) is 3.46. The van der Waals surface area contributed by atoms with Gasteiger partial charge in [-0.3, -0.25) is 4.79 Å². The Labute approximate surface area is 147 Å². The summed E-state index contributed by atoms with van der Waals surface area (Å²) >= 11 is 0. The highest BCUT2D eigenvalue weighted by Crippen LogP contribution is 2.23. The Kier molecular flexibility index (Phi) is 5.72. The van der Waals surface area contributed by atoms with Crippen LogP contribution in [0.4, 0.5) is 10.1 Å². The summed E-state index contributed by atoms with van der Waals surface area (Å²) in [4.78, 5) is 20.7. The fourth-order valence-electron chi connectivity index (χ4n) is 2.37. The van der Waals surface area contributed by atoms with Crippen LogP contribution in [0.2, 0.25) is 0 Å². The van der Waals surface area contributed by atoms with Gasteiger partial charge < -0.3 is 10.1 Å². The van der Waals surface area contributed by atoms with E-state index < -0.39 is 0 Å². The first-order valence-electron chi connectivity index (χ1n) is 8.16. The number of carbonyl (C=O) groups is 1. The molecule has 2 aromatic rings. The van der Waals surface area contributed by atoms with Crippen molar-refractivity contribution in [2.24, 2.45) is 5.41 Å². The Hall–Kier alpha value is -2.50. The van der Waals surface area contributed by atoms with E-state index >= 15 is 0 Å². The molecule has 0 saturated carbocycles. The second-order valence-corrected chi connectivity index (χ2v) is 7.26. The molecule has 5 nitrogen and oxygen atoms in total. The van der Waals surface area contributed by atoms with Gasteiger partial charge in [0, 0.05) is 6.42 Å². The van der Waals surface area contributed by atoms with Crippen LogP contribution < -0.4 is 10.1 Å². The molecule has 0 spiro atoms. The van der Waals surface area contributed by atoms with E-state index in [1.165, 1.54) is 12.1 Å². The van der Waals surface area contributed by atoms with Crippen molar-refractivity contribution in [2.75, 3.05) is 5.32 Å². The molecule has 134 valence electrons. The van der Waals surface area contributed by atoms with Gasteiger partial charge in [0.05, 0.1) is 17.1 Å². The molecular formula is C19H24FN3O2. The molecule has 6 heteroatoms. The van der Waals surface area contributed by atoms with Gasteiger partial charge in [-0.05, 0) is 37.0 Å². The molecule has 1 aromatic heterocycles. The van der Waals surface area contributed by atoms with Gasteiger partial charge >= 0.3 is 6.01 Å². The van der Waals surface area contributed by atoms with Gasteiger partial charge in [-0.15, -0.1) is 0 Å². The molecule has 0 saturated heterocycles. The van der Waals surface area contributed by atoms with Crippen LogP contribution in [0.3, 0.4) is 0 Å². The maximum Gasteiger partial charge on any atom is 0.317 e. The number of carbonyl (C=O) groups excluding carboxylic acids is 1. The van der Waals surface area contributed by atoms with E-state index in [1.54, 1.807) is 26.0 Å². The van der Waals surface area contributed by atoms with Crippen molar-refractivity contribution in [3.05, 3.63) is 47.0 Å². The molecule has 2 rings (SSSR count). The predicted molar refractivity (Wildman–Crippen MR) is 94.9 cm³/mol. The topological polar surface area (TPSA) is 64.1 Å². The molecule has 0 unspecified atom stereocenters. The fraction of sp³-hybridized carbons (Fsp3) is 0.421. The van der Waals surface area contributed by atoms with E-state index in [1.807, 2.05) is 20.8 Å². The van der Waals surface area contributed by atoms with Crippen molar-refractivity contribution in [2.45, 2.75) is 47.6 Å². The van der Waals surface area contributed by atoms with Crippen LogP contribution in [-0.2, 0) is 11.4 Å². The zero-order valence-corrected chi connectivity index (χ0v) is 15.3. The van der Waals surface area contributed by atoms with E-state index in [4.69, 9.17) is 4.74 Å². The van der Waals surface area contributed by atoms with E-state index in [9.17, 15) is 9.18 Å². The molecule has 1 N–H and O–H groups in total. The Morgan fingerprint density at radius 2 is 1.84 bits per heavy atom. The number of aromatic nitrogens is 2. The minimum absolute atomic E-state index is 0.0734. The maximum absolute atomic E-state index is 13.2. The minimum atomic E-state index is -0.314. The van der Waals surface area contributed by atoms with Crippen LogP contribution in [0, 0.1) is 25.1 Å². The standard InChI is InChI=1S/C19H24FN3O2/c1-12-17(23-16(24)10-19(3,4)5)13(2)22-18(21-12)25-11-14-7-6-8-15(20)9-14/h6-9H,10-11H2,1-5H3,(H,23,24). The molecule has 0 aliphatic heterocycles. The van der Waals surface area contributed by atoms with Gasteiger partial charge in [0.15, 0.2) is 0 Å². The number of benzene rings is 1. The van der Waals surface area contributed by atoms with Gasteiger partial charge in [0.1, 0.15) is 12.4 Å². The number of ether oxygens (including phenoxy) is 1. The first kappa shape index (κ1) is 18.8. The molecule has 1 amide bonds. The Morgan fingerprint density at radius 1 is 1.20 bits per heavy atom. The van der Waals surface area contributed by atoms with Crippen LogP contribution in [0.15, 0.2) is 24.3 Å². The summed E-state index contributed by atoms with van der Waals surface area (Å²) < 4.78 is 18.7. The SMILES string of the molecule is Cc1nc(OCc2cccc(F)c2)nc(C)c1NC(=O)CC(C)(C)C. The van der Waals surface area contributed by atoms with Crippen molar-refractivity contribution in [3.63, 3.8) is 0 Å². The van der Waals surface area contributed by atoms with Crippen LogP contribution in [0.1, 0.15) is 44.1 Å². The summed E-state index contributed by atoms with van der Waals surface area (Å²) in [6.45, 7) is 9.77. The zero-order chi connectivity index (χ0) is 18.6. The first-order chi connectivity index (χ1) is 11.6. The second kappa shape index (κ2) is 7.59. The molecule has 0 atom stereocenters. The van der Waals surface area contributed by atoms with Gasteiger partial charge in [-0.2, -0.15) is 9.97 Å². The van der Waals surface area contributed by atoms with E-state index in [-0.39, 0.29) is 29.8 Å². The van der Waals surface area contributed by atoms with Gasteiger partial charge in [0.2, 0.25) is 5.91 Å². The number of aryl methyl sites for hydroxylation is 2. The van der Waals surface area contributed by atoms with E-state index in [2.05, 4.69) is 15.3 Å². The summed E-state index contributed by atoms with van der Waals surface area (Å²) in [7, 11) is 0. The van der Waals surface area contributed by atoms with Crippen LogP contribution in [-0.4, -0.2) is 15.9 Å². The van der Waals surface area contributed by atoms with E-state index in [0.29, 0.717) is 29.1 Å². The minimum Gasteiger partial charge on any atom is -0.459 e. The number of amides is 1. The van der Waals surface area contributed by atoms with Crippen molar-refractivity contribution in [1.82, 2.24) is 9.97 Å². The summed E-state index contributed by atoms with van der Waals surface area (Å²) in [6, 6.07) is 6.38. The third kappa shape index (κ3) is 5.81. The normalized spacial score (nSPS) is 11.3. The number of hydrogen-bond donors (Lipinski definition) is 1. The largest absolute Gasteiger partial charge is 0.459 e. The number of hydrogen-bond acceptors (Lipinski definition) is 4. The highest BCUT2D eigenvalue weighted by molar-refractivity contribution is 5.92. The van der Waals surface area contributed by atoms with Crippen molar-refractivity contribution in [3.8, 4) is 6.01 Å². The fourth-order valence-corrected chi connectivity index (χ4v) is 2.37. The number of nitrogens with zero attached hydrogens (tertiary/aromatic N) is 2. The lowest BCUT2D eigenvalue weighted by atomic mass is 9.92. The number of rotatable bonds is 5. The van der Waals surface area contributed by atoms with Gasteiger partial charge in [-0.25, -0.2) is 4.39 Å². The Morgan fingerprint density at radius 3 is 2.40 bits per heavy atom. The highest BCUT2D eigenvalue weighted by atomic mass is 19.1. The van der Waals surface area contributed by atoms with Gasteiger partial charge in [0.25, 0.3) is 0 Å². The monoisotopic (exact) mass is 345 g/mol. The van der Waals surface area contributed by atoms with Crippen molar-refractivity contribution < 1.29 is 13.9 Å². The predicted octanol–water partition coefficient (Wildman–Crippen LogP) is 4.19. The molecule has 0 radical (unpaired) electrons. The maximum atomic E-state index is 13.2. The molecular weight excluding hydrogens is 321 g/mol. The lowest BCUT2D eigenvalue weighted by Gasteiger charge is -2.18. The molecule has 0 bridgehead atoms. The summed E-state index contributed by atoms with van der Waals surface area (Å²) in [5.74, 6) is -0.387. The van der Waals surface area contributed by atoms with Crippen molar-refractivity contribution in [1.29, 1.82) is 0 Å². The molecule has 0 fully saturated rings. The highest BCUT2D eigenvalue weighted by Gasteiger charge is 2.18. The molecule has 0 aliphatic rings. The van der Waals surface area contributed by atoms with Crippen LogP contribution in [0.5, 0.6) is 6.01 Å². The van der Waals surface area contributed by atoms with Crippen LogP contribution >= 0.6 is 0 Å². The van der Waals surface area contributed by atoms with Gasteiger partial charge in [-0.1, -0.05) is 32.9 Å². The smallest absolute Gasteiger partial charge is 0.317 e. The Balaban J connectivity index is 2.07. The lowest BCUT2D eigenvalue weighted by molar-refractivity contribution is -0.117. The average molecular weight is 345 g/mol. The third-order valence-electron chi connectivity index (χ3n) is 3.46. The molecule has 0 aliphatic carbocycles. The summed E-state index contributed by atoms with van der Waals surface area (Å²) in [5, 5.41) is 2.87. The summed E-state index contributed by atoms with van der Waals surface area (Å²) in [6.07, 6.45) is 0.406. The average Bonchev–Trinajstić information content (AvgIpc) is 2.47. The number of anilines is 1. The summed E-state index contributed by atoms with van der Waals surface area (Å²) in [5.41, 5.74) is 2.46. The van der Waals surface area contributed by atoms with Crippen molar-refractivity contribution >= 4 is 11.6 Å². The number of nitrogens with one attached hydrogen (secondary N) is 1. The lowest BCUT2D eigenvalue weighted by Crippen LogP contribution is -2.21. The molecule has 1 heterocycles. The number of halogens is 1. The first-order valence-corrected chi connectivity index (χ1v) is 8.16.